The molecule has 0 aliphatic carbocycles. The van der Waals surface area contributed by atoms with E-state index in [1.54, 1.807) is 31.2 Å². The van der Waals surface area contributed by atoms with Crippen LogP contribution in [0.4, 0.5) is 4.79 Å². The van der Waals surface area contributed by atoms with E-state index in [0.717, 1.165) is 0 Å². The monoisotopic (exact) mass is 423 g/mol. The number of carbonyl (C=O) groups is 4. The minimum Gasteiger partial charge on any atom is -0.463 e. The SMILES string of the molecule is CCOC(=O)C1=C(COC(=O)c2ccc(C(N)=O)cc2)NC(=O)NC1c1ccccc1. The first-order valence-electron chi connectivity index (χ1n) is 9.50. The van der Waals surface area contributed by atoms with Crippen LogP contribution in [0.2, 0.25) is 0 Å². The highest BCUT2D eigenvalue weighted by molar-refractivity contribution is 5.96. The second-order valence-electron chi connectivity index (χ2n) is 6.57. The van der Waals surface area contributed by atoms with Crippen LogP contribution in [0.25, 0.3) is 0 Å². The molecule has 1 atom stereocenters. The van der Waals surface area contributed by atoms with E-state index in [1.807, 2.05) is 6.07 Å². The van der Waals surface area contributed by atoms with Gasteiger partial charge in [-0.2, -0.15) is 0 Å². The number of benzene rings is 2. The fourth-order valence-electron chi connectivity index (χ4n) is 3.07. The summed E-state index contributed by atoms with van der Waals surface area (Å²) in [6.07, 6.45) is 0. The number of nitrogens with one attached hydrogen (secondary N) is 2. The third kappa shape index (κ3) is 5.08. The molecular weight excluding hydrogens is 402 g/mol. The largest absolute Gasteiger partial charge is 0.463 e. The number of amides is 3. The molecule has 0 saturated heterocycles. The molecule has 1 unspecified atom stereocenters. The van der Waals surface area contributed by atoms with Gasteiger partial charge in [0.15, 0.2) is 0 Å². The normalized spacial score (nSPS) is 15.5. The van der Waals surface area contributed by atoms with Crippen molar-refractivity contribution in [3.63, 3.8) is 0 Å². The van der Waals surface area contributed by atoms with Crippen molar-refractivity contribution in [1.82, 2.24) is 10.6 Å². The summed E-state index contributed by atoms with van der Waals surface area (Å²) in [6, 6.07) is 13.2. The molecule has 1 aliphatic rings. The van der Waals surface area contributed by atoms with Crippen LogP contribution in [-0.4, -0.2) is 37.1 Å². The van der Waals surface area contributed by atoms with Crippen LogP contribution < -0.4 is 16.4 Å². The zero-order chi connectivity index (χ0) is 22.4. The van der Waals surface area contributed by atoms with E-state index in [4.69, 9.17) is 15.2 Å². The van der Waals surface area contributed by atoms with Gasteiger partial charge < -0.3 is 25.8 Å². The fourth-order valence-corrected chi connectivity index (χ4v) is 3.07. The van der Waals surface area contributed by atoms with E-state index in [-0.39, 0.29) is 35.6 Å². The molecule has 2 aromatic carbocycles. The van der Waals surface area contributed by atoms with Gasteiger partial charge in [-0.1, -0.05) is 30.3 Å². The number of ether oxygens (including phenoxy) is 2. The lowest BCUT2D eigenvalue weighted by molar-refractivity contribution is -0.139. The molecule has 0 spiro atoms. The van der Waals surface area contributed by atoms with Crippen LogP contribution in [0.5, 0.6) is 0 Å². The molecule has 160 valence electrons. The van der Waals surface area contributed by atoms with Gasteiger partial charge >= 0.3 is 18.0 Å². The van der Waals surface area contributed by atoms with Gasteiger partial charge in [0.25, 0.3) is 0 Å². The Morgan fingerprint density at radius 3 is 2.19 bits per heavy atom. The number of primary amides is 1. The molecule has 4 N–H and O–H groups in total. The number of esters is 2. The van der Waals surface area contributed by atoms with E-state index in [1.165, 1.54) is 24.3 Å². The quantitative estimate of drug-likeness (QED) is 0.581. The number of hydrogen-bond donors (Lipinski definition) is 3. The maximum absolute atomic E-state index is 12.7. The summed E-state index contributed by atoms with van der Waals surface area (Å²) in [7, 11) is 0. The van der Waals surface area contributed by atoms with Crippen molar-refractivity contribution in [3.8, 4) is 0 Å². The fraction of sp³-hybridized carbons (Fsp3) is 0.182. The van der Waals surface area contributed by atoms with Gasteiger partial charge in [0.1, 0.15) is 6.61 Å². The Bertz CT molecular complexity index is 1030. The molecule has 2 aromatic rings. The van der Waals surface area contributed by atoms with E-state index in [2.05, 4.69) is 10.6 Å². The van der Waals surface area contributed by atoms with Crippen molar-refractivity contribution < 1.29 is 28.7 Å². The van der Waals surface area contributed by atoms with Gasteiger partial charge in [-0.05, 0) is 36.8 Å². The van der Waals surface area contributed by atoms with Gasteiger partial charge in [-0.3, -0.25) is 4.79 Å². The Morgan fingerprint density at radius 1 is 0.935 bits per heavy atom. The highest BCUT2D eigenvalue weighted by atomic mass is 16.5. The van der Waals surface area contributed by atoms with Crippen molar-refractivity contribution in [2.24, 2.45) is 5.73 Å². The van der Waals surface area contributed by atoms with E-state index >= 15 is 0 Å². The summed E-state index contributed by atoms with van der Waals surface area (Å²) >= 11 is 0. The van der Waals surface area contributed by atoms with Crippen molar-refractivity contribution in [3.05, 3.63) is 82.6 Å². The molecule has 1 heterocycles. The first-order chi connectivity index (χ1) is 14.9. The average molecular weight is 423 g/mol. The van der Waals surface area contributed by atoms with Gasteiger partial charge in [-0.15, -0.1) is 0 Å². The molecule has 1 aliphatic heterocycles. The highest BCUT2D eigenvalue weighted by Crippen LogP contribution is 2.28. The van der Waals surface area contributed by atoms with Crippen molar-refractivity contribution in [2.75, 3.05) is 13.2 Å². The Balaban J connectivity index is 1.87. The van der Waals surface area contributed by atoms with E-state index in [9.17, 15) is 19.2 Å². The number of carbonyl (C=O) groups excluding carboxylic acids is 4. The lowest BCUT2D eigenvalue weighted by Crippen LogP contribution is -2.47. The molecule has 9 nitrogen and oxygen atoms in total. The van der Waals surface area contributed by atoms with Crippen molar-refractivity contribution >= 4 is 23.9 Å². The number of hydrogen-bond acceptors (Lipinski definition) is 6. The third-order valence-corrected chi connectivity index (χ3v) is 4.53. The van der Waals surface area contributed by atoms with E-state index < -0.39 is 29.9 Å². The predicted molar refractivity (Wildman–Crippen MR) is 110 cm³/mol. The summed E-state index contributed by atoms with van der Waals surface area (Å²) in [5.41, 5.74) is 6.56. The van der Waals surface area contributed by atoms with Crippen molar-refractivity contribution in [1.29, 1.82) is 0 Å². The van der Waals surface area contributed by atoms with Crippen LogP contribution in [0, 0.1) is 0 Å². The van der Waals surface area contributed by atoms with Gasteiger partial charge in [0.05, 0.1) is 29.5 Å². The second kappa shape index (κ2) is 9.57. The molecule has 9 heteroatoms. The van der Waals surface area contributed by atoms with Crippen LogP contribution in [0.1, 0.15) is 39.2 Å². The smallest absolute Gasteiger partial charge is 0.338 e. The minimum absolute atomic E-state index is 0.123. The van der Waals surface area contributed by atoms with Crippen LogP contribution in [0.15, 0.2) is 65.9 Å². The van der Waals surface area contributed by atoms with Gasteiger partial charge in [-0.25, -0.2) is 14.4 Å². The summed E-state index contributed by atoms with van der Waals surface area (Å²) in [5, 5.41) is 5.22. The summed E-state index contributed by atoms with van der Waals surface area (Å²) in [5.74, 6) is -1.95. The maximum atomic E-state index is 12.7. The number of nitrogens with two attached hydrogens (primary N) is 1. The van der Waals surface area contributed by atoms with E-state index in [0.29, 0.717) is 5.56 Å². The molecule has 0 saturated carbocycles. The maximum Gasteiger partial charge on any atom is 0.338 e. The molecule has 0 fully saturated rings. The third-order valence-electron chi connectivity index (χ3n) is 4.53. The molecule has 0 aromatic heterocycles. The molecule has 0 bridgehead atoms. The summed E-state index contributed by atoms with van der Waals surface area (Å²) in [6.45, 7) is 1.44. The van der Waals surface area contributed by atoms with Gasteiger partial charge in [0, 0.05) is 5.56 Å². The molecular formula is C22H21N3O6. The predicted octanol–water partition coefficient (Wildman–Crippen LogP) is 1.81. The summed E-state index contributed by atoms with van der Waals surface area (Å²) < 4.78 is 10.4. The van der Waals surface area contributed by atoms with Gasteiger partial charge in [0.2, 0.25) is 5.91 Å². The lowest BCUT2D eigenvalue weighted by Gasteiger charge is -2.29. The Labute approximate surface area is 178 Å². The molecule has 3 amide bonds. The standard InChI is InChI=1S/C22H21N3O6/c1-2-30-21(28)17-16(24-22(29)25-18(17)13-6-4-3-5-7-13)12-31-20(27)15-10-8-14(9-11-15)19(23)26/h3-11,18H,2,12H2,1H3,(H2,23,26)(H2,24,25,29). The second-order valence-corrected chi connectivity index (χ2v) is 6.57. The number of urea groups is 1. The zero-order valence-electron chi connectivity index (χ0n) is 16.7. The zero-order valence-corrected chi connectivity index (χ0v) is 16.7. The highest BCUT2D eigenvalue weighted by Gasteiger charge is 2.34. The Hall–Kier alpha value is -4.14. The first kappa shape index (κ1) is 21.6. The Morgan fingerprint density at radius 2 is 1.58 bits per heavy atom. The molecule has 3 rings (SSSR count). The lowest BCUT2D eigenvalue weighted by atomic mass is 9.95. The molecule has 0 radical (unpaired) electrons. The Kier molecular flexibility index (Phi) is 6.66. The number of rotatable bonds is 7. The van der Waals surface area contributed by atoms with Crippen LogP contribution in [-0.2, 0) is 14.3 Å². The minimum atomic E-state index is -0.766. The summed E-state index contributed by atoms with van der Waals surface area (Å²) in [4.78, 5) is 48.4. The van der Waals surface area contributed by atoms with Crippen molar-refractivity contribution in [2.45, 2.75) is 13.0 Å². The average Bonchev–Trinajstić information content (AvgIpc) is 2.77. The van der Waals surface area contributed by atoms with Crippen LogP contribution >= 0.6 is 0 Å². The first-order valence-corrected chi connectivity index (χ1v) is 9.50. The molecule has 31 heavy (non-hydrogen) atoms. The topological polar surface area (TPSA) is 137 Å². The van der Waals surface area contributed by atoms with Crippen LogP contribution in [0.3, 0.4) is 0 Å².